The molecule has 0 fully saturated rings. The van der Waals surface area contributed by atoms with E-state index < -0.39 is 4.92 Å². The van der Waals surface area contributed by atoms with Crippen LogP contribution in [0, 0.1) is 21.4 Å². The lowest BCUT2D eigenvalue weighted by molar-refractivity contribution is -0.384. The number of non-ortho nitro benzene ring substituents is 1. The molecule has 0 radical (unpaired) electrons. The van der Waals surface area contributed by atoms with E-state index >= 15 is 0 Å². The molecule has 1 N–H and O–H groups in total. The number of amides is 1. The number of para-hydroxylation sites is 1. The number of nitriles is 1. The van der Waals surface area contributed by atoms with Crippen molar-refractivity contribution in [2.45, 2.75) is 0 Å². The van der Waals surface area contributed by atoms with Gasteiger partial charge in [0.25, 0.3) is 5.69 Å². The predicted octanol–water partition coefficient (Wildman–Crippen LogP) is 3.12. The van der Waals surface area contributed by atoms with E-state index in [4.69, 9.17) is 5.26 Å². The van der Waals surface area contributed by atoms with E-state index in [2.05, 4.69) is 5.32 Å². The summed E-state index contributed by atoms with van der Waals surface area (Å²) in [6, 6.07) is 14.5. The third kappa shape index (κ3) is 3.77. The summed E-state index contributed by atoms with van der Waals surface area (Å²) in [7, 11) is 0. The molecule has 0 saturated carbocycles. The first-order valence-electron chi connectivity index (χ1n) is 6.33. The van der Waals surface area contributed by atoms with Gasteiger partial charge in [-0.05, 0) is 35.9 Å². The lowest BCUT2D eigenvalue weighted by Gasteiger charge is -2.03. The molecule has 0 aromatic heterocycles. The van der Waals surface area contributed by atoms with Crippen molar-refractivity contribution in [3.63, 3.8) is 0 Å². The fourth-order valence-corrected chi connectivity index (χ4v) is 1.74. The number of nitro groups is 1. The second-order valence-electron chi connectivity index (χ2n) is 4.33. The van der Waals surface area contributed by atoms with Gasteiger partial charge in [-0.15, -0.1) is 0 Å². The minimum Gasteiger partial charge on any atom is -0.321 e. The van der Waals surface area contributed by atoms with Crippen LogP contribution >= 0.6 is 0 Å². The highest BCUT2D eigenvalue weighted by atomic mass is 16.6. The summed E-state index contributed by atoms with van der Waals surface area (Å²) in [6.07, 6.45) is 2.84. The number of carbonyl (C=O) groups is 1. The third-order valence-corrected chi connectivity index (χ3v) is 2.84. The lowest BCUT2D eigenvalue weighted by atomic mass is 10.2. The van der Waals surface area contributed by atoms with Gasteiger partial charge in [-0.25, -0.2) is 0 Å². The molecule has 0 aliphatic carbocycles. The van der Waals surface area contributed by atoms with E-state index in [0.29, 0.717) is 16.8 Å². The smallest absolute Gasteiger partial charge is 0.269 e. The summed E-state index contributed by atoms with van der Waals surface area (Å²) in [5.41, 5.74) is 1.46. The molecule has 6 nitrogen and oxygen atoms in total. The number of nitrogens with zero attached hydrogens (tertiary/aromatic N) is 2. The van der Waals surface area contributed by atoms with Gasteiger partial charge in [0.15, 0.2) is 0 Å². The second-order valence-corrected chi connectivity index (χ2v) is 4.33. The highest BCUT2D eigenvalue weighted by Gasteiger charge is 2.04. The molecule has 0 bridgehead atoms. The molecule has 2 rings (SSSR count). The van der Waals surface area contributed by atoms with Crippen LogP contribution in [0.2, 0.25) is 0 Å². The number of hydrogen-bond acceptors (Lipinski definition) is 4. The average Bonchev–Trinajstić information content (AvgIpc) is 2.54. The van der Waals surface area contributed by atoms with Gasteiger partial charge in [-0.3, -0.25) is 14.9 Å². The van der Waals surface area contributed by atoms with E-state index in [9.17, 15) is 14.9 Å². The van der Waals surface area contributed by atoms with Crippen molar-refractivity contribution < 1.29 is 9.72 Å². The summed E-state index contributed by atoms with van der Waals surface area (Å²) in [5.74, 6) is -0.388. The second kappa shape index (κ2) is 6.81. The van der Waals surface area contributed by atoms with Crippen molar-refractivity contribution in [2.24, 2.45) is 0 Å². The fourth-order valence-electron chi connectivity index (χ4n) is 1.74. The average molecular weight is 293 g/mol. The van der Waals surface area contributed by atoms with Crippen LogP contribution in [0.5, 0.6) is 0 Å². The van der Waals surface area contributed by atoms with E-state index in [1.807, 2.05) is 6.07 Å². The maximum absolute atomic E-state index is 11.8. The molecule has 2 aromatic carbocycles. The van der Waals surface area contributed by atoms with Gasteiger partial charge in [-0.1, -0.05) is 12.1 Å². The number of nitro benzene ring substituents is 1. The molecule has 0 saturated heterocycles. The number of anilines is 1. The monoisotopic (exact) mass is 293 g/mol. The third-order valence-electron chi connectivity index (χ3n) is 2.84. The van der Waals surface area contributed by atoms with Crippen LogP contribution in [0.15, 0.2) is 54.6 Å². The Morgan fingerprint density at radius 2 is 1.86 bits per heavy atom. The van der Waals surface area contributed by atoms with Crippen LogP contribution in [0.4, 0.5) is 11.4 Å². The molecule has 6 heteroatoms. The zero-order valence-electron chi connectivity index (χ0n) is 11.4. The molecule has 2 aromatic rings. The Hall–Kier alpha value is -3.46. The molecule has 22 heavy (non-hydrogen) atoms. The lowest BCUT2D eigenvalue weighted by Crippen LogP contribution is -2.08. The first kappa shape index (κ1) is 14.9. The van der Waals surface area contributed by atoms with E-state index in [-0.39, 0.29) is 11.6 Å². The van der Waals surface area contributed by atoms with E-state index in [1.54, 1.807) is 36.4 Å². The summed E-state index contributed by atoms with van der Waals surface area (Å²) in [4.78, 5) is 21.9. The van der Waals surface area contributed by atoms with Crippen LogP contribution in [-0.2, 0) is 4.79 Å². The molecule has 0 unspecified atom stereocenters. The first-order valence-corrected chi connectivity index (χ1v) is 6.33. The van der Waals surface area contributed by atoms with Crippen molar-refractivity contribution in [1.29, 1.82) is 5.26 Å². The zero-order chi connectivity index (χ0) is 15.9. The molecular formula is C16H11N3O3. The summed E-state index contributed by atoms with van der Waals surface area (Å²) in [6.45, 7) is 0. The Morgan fingerprint density at radius 1 is 1.18 bits per heavy atom. The molecule has 0 heterocycles. The van der Waals surface area contributed by atoms with Gasteiger partial charge in [0.05, 0.1) is 16.2 Å². The normalized spacial score (nSPS) is 10.1. The fraction of sp³-hybridized carbons (Fsp3) is 0. The Balaban J connectivity index is 2.05. The minimum atomic E-state index is -0.487. The van der Waals surface area contributed by atoms with Gasteiger partial charge < -0.3 is 5.32 Å². The Morgan fingerprint density at radius 3 is 2.50 bits per heavy atom. The number of hydrogen-bond donors (Lipinski definition) is 1. The van der Waals surface area contributed by atoms with Crippen molar-refractivity contribution in [1.82, 2.24) is 0 Å². The maximum Gasteiger partial charge on any atom is 0.269 e. The molecule has 1 amide bonds. The largest absolute Gasteiger partial charge is 0.321 e. The topological polar surface area (TPSA) is 96.0 Å². The molecule has 108 valence electrons. The predicted molar refractivity (Wildman–Crippen MR) is 81.9 cm³/mol. The SMILES string of the molecule is N#Cc1ccccc1NC(=O)C=Cc1ccc([N+](=O)[O-])cc1. The van der Waals surface area contributed by atoms with Crippen molar-refractivity contribution in [3.8, 4) is 6.07 Å². The summed E-state index contributed by atoms with van der Waals surface area (Å²) in [5, 5.41) is 22.1. The molecule has 0 aliphatic rings. The van der Waals surface area contributed by atoms with Crippen molar-refractivity contribution >= 4 is 23.4 Å². The highest BCUT2D eigenvalue weighted by Crippen LogP contribution is 2.15. The van der Waals surface area contributed by atoms with Gasteiger partial charge in [0.1, 0.15) is 6.07 Å². The minimum absolute atomic E-state index is 0.00968. The van der Waals surface area contributed by atoms with Crippen LogP contribution in [0.25, 0.3) is 6.08 Å². The number of carbonyl (C=O) groups excluding carboxylic acids is 1. The Bertz CT molecular complexity index is 774. The Labute approximate surface area is 126 Å². The zero-order valence-corrected chi connectivity index (χ0v) is 11.4. The molecule has 0 aliphatic heterocycles. The van der Waals surface area contributed by atoms with Crippen molar-refractivity contribution in [2.75, 3.05) is 5.32 Å². The molecule has 0 atom stereocenters. The highest BCUT2D eigenvalue weighted by molar-refractivity contribution is 6.02. The number of nitrogens with one attached hydrogen (secondary N) is 1. The molecule has 0 spiro atoms. The van der Waals surface area contributed by atoms with Crippen LogP contribution in [-0.4, -0.2) is 10.8 Å². The molecular weight excluding hydrogens is 282 g/mol. The van der Waals surface area contributed by atoms with Gasteiger partial charge in [-0.2, -0.15) is 5.26 Å². The summed E-state index contributed by atoms with van der Waals surface area (Å²) < 4.78 is 0. The van der Waals surface area contributed by atoms with Gasteiger partial charge in [0.2, 0.25) is 5.91 Å². The quantitative estimate of drug-likeness (QED) is 0.532. The Kier molecular flexibility index (Phi) is 4.63. The number of rotatable bonds is 4. The van der Waals surface area contributed by atoms with Crippen LogP contribution < -0.4 is 5.32 Å². The standard InChI is InChI=1S/C16H11N3O3/c17-11-13-3-1-2-4-15(13)18-16(20)10-7-12-5-8-14(9-6-12)19(21)22/h1-10H,(H,18,20). The van der Waals surface area contributed by atoms with Crippen LogP contribution in [0.3, 0.4) is 0 Å². The van der Waals surface area contributed by atoms with E-state index in [0.717, 1.165) is 0 Å². The summed E-state index contributed by atoms with van der Waals surface area (Å²) >= 11 is 0. The van der Waals surface area contributed by atoms with E-state index in [1.165, 1.54) is 24.3 Å². The first-order chi connectivity index (χ1) is 10.6. The van der Waals surface area contributed by atoms with Crippen molar-refractivity contribution in [3.05, 3.63) is 75.8 Å². The van der Waals surface area contributed by atoms with Gasteiger partial charge in [0, 0.05) is 18.2 Å². The maximum atomic E-state index is 11.8. The van der Waals surface area contributed by atoms with Crippen LogP contribution in [0.1, 0.15) is 11.1 Å². The number of benzene rings is 2. The van der Waals surface area contributed by atoms with Gasteiger partial charge >= 0.3 is 0 Å².